The number of nitrogens with one attached hydrogen (secondary N) is 1. The summed E-state index contributed by atoms with van der Waals surface area (Å²) in [4.78, 5) is 0. The largest absolute Gasteiger partial charge is 0.276 e. The lowest BCUT2D eigenvalue weighted by atomic mass is 10.0. The van der Waals surface area contributed by atoms with E-state index in [9.17, 15) is 0 Å². The summed E-state index contributed by atoms with van der Waals surface area (Å²) in [5.41, 5.74) is 4.25. The molecule has 0 saturated heterocycles. The number of nitrogens with two attached hydrogens (primary N) is 1. The number of hydrogen-bond donors (Lipinski definition) is 2. The van der Waals surface area contributed by atoms with E-state index in [1.807, 2.05) is 17.9 Å². The van der Waals surface area contributed by atoms with Crippen molar-refractivity contribution in [3.63, 3.8) is 0 Å². The van der Waals surface area contributed by atoms with E-state index in [0.29, 0.717) is 6.04 Å². The molecule has 1 unspecified atom stereocenters. The molecule has 19 heavy (non-hydrogen) atoms. The van der Waals surface area contributed by atoms with Crippen LogP contribution in [0.5, 0.6) is 0 Å². The van der Waals surface area contributed by atoms with Gasteiger partial charge >= 0.3 is 0 Å². The van der Waals surface area contributed by atoms with Crippen LogP contribution in [-0.4, -0.2) is 15.8 Å². The molecule has 0 aromatic carbocycles. The lowest BCUT2D eigenvalue weighted by molar-refractivity contribution is 0.438. The molecule has 1 aromatic heterocycles. The normalized spacial score (nSPS) is 12.8. The first-order valence-corrected chi connectivity index (χ1v) is 7.70. The minimum atomic E-state index is 0.436. The molecule has 0 aliphatic rings. The highest BCUT2D eigenvalue weighted by Crippen LogP contribution is 2.12. The number of aryl methyl sites for hydroxylation is 2. The molecule has 0 bridgehead atoms. The maximum atomic E-state index is 5.63. The monoisotopic (exact) mass is 266 g/mol. The van der Waals surface area contributed by atoms with Crippen LogP contribution in [0, 0.1) is 0 Å². The average molecular weight is 266 g/mol. The smallest absolute Gasteiger partial charge is 0.0521 e. The molecule has 0 amide bonds. The van der Waals surface area contributed by atoms with Gasteiger partial charge in [-0.3, -0.25) is 16.0 Å². The summed E-state index contributed by atoms with van der Waals surface area (Å²) in [7, 11) is 1.96. The second kappa shape index (κ2) is 9.98. The van der Waals surface area contributed by atoms with Crippen LogP contribution >= 0.6 is 0 Å². The molecule has 0 spiro atoms. The molecule has 0 fully saturated rings. The van der Waals surface area contributed by atoms with Crippen molar-refractivity contribution in [2.45, 2.75) is 70.8 Å². The van der Waals surface area contributed by atoms with Crippen molar-refractivity contribution in [3.05, 3.63) is 18.0 Å². The van der Waals surface area contributed by atoms with Gasteiger partial charge in [0.2, 0.25) is 0 Å². The first-order valence-electron chi connectivity index (χ1n) is 7.70. The van der Waals surface area contributed by atoms with E-state index in [-0.39, 0.29) is 0 Å². The van der Waals surface area contributed by atoms with Gasteiger partial charge < -0.3 is 0 Å². The van der Waals surface area contributed by atoms with Crippen molar-refractivity contribution in [1.82, 2.24) is 15.2 Å². The molecule has 1 atom stereocenters. The zero-order valence-corrected chi connectivity index (χ0v) is 12.6. The predicted molar refractivity (Wildman–Crippen MR) is 80.6 cm³/mol. The third-order valence-electron chi connectivity index (χ3n) is 3.68. The molecule has 0 aliphatic carbocycles. The minimum absolute atomic E-state index is 0.436. The van der Waals surface area contributed by atoms with Gasteiger partial charge in [0.15, 0.2) is 0 Å². The lowest BCUT2D eigenvalue weighted by Gasteiger charge is -2.15. The maximum absolute atomic E-state index is 5.63. The van der Waals surface area contributed by atoms with Crippen LogP contribution in [0.15, 0.2) is 12.4 Å². The van der Waals surface area contributed by atoms with Crippen molar-refractivity contribution >= 4 is 0 Å². The topological polar surface area (TPSA) is 55.9 Å². The van der Waals surface area contributed by atoms with E-state index in [1.54, 1.807) is 0 Å². The molecule has 1 aromatic rings. The molecule has 110 valence electrons. The Hall–Kier alpha value is -0.870. The van der Waals surface area contributed by atoms with E-state index >= 15 is 0 Å². The Labute approximate surface area is 117 Å². The number of hydrogen-bond acceptors (Lipinski definition) is 3. The van der Waals surface area contributed by atoms with Crippen molar-refractivity contribution in [3.8, 4) is 0 Å². The van der Waals surface area contributed by atoms with Gasteiger partial charge in [-0.1, -0.05) is 45.4 Å². The van der Waals surface area contributed by atoms with Crippen LogP contribution in [0.25, 0.3) is 0 Å². The van der Waals surface area contributed by atoms with E-state index in [1.165, 1.54) is 50.5 Å². The van der Waals surface area contributed by atoms with E-state index in [4.69, 9.17) is 5.84 Å². The SMILES string of the molecule is CCCCCCCCC(CCc1cnn(C)c1)NN. The summed E-state index contributed by atoms with van der Waals surface area (Å²) < 4.78 is 1.86. The molecule has 0 saturated carbocycles. The van der Waals surface area contributed by atoms with Crippen LogP contribution in [0.4, 0.5) is 0 Å². The molecule has 0 aliphatic heterocycles. The van der Waals surface area contributed by atoms with Crippen LogP contribution in [0.3, 0.4) is 0 Å². The van der Waals surface area contributed by atoms with Crippen LogP contribution in [0.2, 0.25) is 0 Å². The second-order valence-corrected chi connectivity index (χ2v) is 5.48. The fraction of sp³-hybridized carbons (Fsp3) is 0.800. The van der Waals surface area contributed by atoms with Gasteiger partial charge in [-0.05, 0) is 24.8 Å². The van der Waals surface area contributed by atoms with Gasteiger partial charge in [-0.2, -0.15) is 5.10 Å². The fourth-order valence-electron chi connectivity index (χ4n) is 2.42. The van der Waals surface area contributed by atoms with Crippen LogP contribution < -0.4 is 11.3 Å². The molecule has 0 radical (unpaired) electrons. The zero-order chi connectivity index (χ0) is 13.9. The lowest BCUT2D eigenvalue weighted by Crippen LogP contribution is -2.35. The summed E-state index contributed by atoms with van der Waals surface area (Å²) >= 11 is 0. The third kappa shape index (κ3) is 7.33. The standard InChI is InChI=1S/C15H30N4/c1-3-4-5-6-7-8-9-15(18-16)11-10-14-12-17-19(2)13-14/h12-13,15,18H,3-11,16H2,1-2H3. The van der Waals surface area contributed by atoms with Crippen molar-refractivity contribution in [2.24, 2.45) is 12.9 Å². The van der Waals surface area contributed by atoms with Crippen molar-refractivity contribution in [1.29, 1.82) is 0 Å². The number of rotatable bonds is 11. The van der Waals surface area contributed by atoms with Gasteiger partial charge in [0, 0.05) is 19.3 Å². The molecule has 4 nitrogen and oxygen atoms in total. The second-order valence-electron chi connectivity index (χ2n) is 5.48. The summed E-state index contributed by atoms with van der Waals surface area (Å²) in [6.07, 6.45) is 15.4. The number of aromatic nitrogens is 2. The zero-order valence-electron chi connectivity index (χ0n) is 12.6. The molecule has 1 heterocycles. The maximum Gasteiger partial charge on any atom is 0.0521 e. The number of nitrogens with zero attached hydrogens (tertiary/aromatic N) is 2. The van der Waals surface area contributed by atoms with Crippen molar-refractivity contribution < 1.29 is 0 Å². The molecule has 1 rings (SSSR count). The predicted octanol–water partition coefficient (Wildman–Crippen LogP) is 2.94. The average Bonchev–Trinajstić information content (AvgIpc) is 2.83. The molecular formula is C15H30N4. The Morgan fingerprint density at radius 3 is 2.58 bits per heavy atom. The fourth-order valence-corrected chi connectivity index (χ4v) is 2.42. The van der Waals surface area contributed by atoms with Gasteiger partial charge in [0.25, 0.3) is 0 Å². The Kier molecular flexibility index (Phi) is 8.50. The highest BCUT2D eigenvalue weighted by atomic mass is 15.2. The Morgan fingerprint density at radius 1 is 1.21 bits per heavy atom. The van der Waals surface area contributed by atoms with Crippen LogP contribution in [-0.2, 0) is 13.5 Å². The first-order chi connectivity index (χ1) is 9.26. The summed E-state index contributed by atoms with van der Waals surface area (Å²) in [6, 6.07) is 0.436. The Bertz CT molecular complexity index is 322. The minimum Gasteiger partial charge on any atom is -0.276 e. The van der Waals surface area contributed by atoms with E-state index in [0.717, 1.165) is 12.8 Å². The van der Waals surface area contributed by atoms with Gasteiger partial charge in [-0.25, -0.2) is 0 Å². The third-order valence-corrected chi connectivity index (χ3v) is 3.68. The highest BCUT2D eigenvalue weighted by molar-refractivity contribution is 5.03. The van der Waals surface area contributed by atoms with Gasteiger partial charge in [-0.15, -0.1) is 0 Å². The molecular weight excluding hydrogens is 236 g/mol. The number of unbranched alkanes of at least 4 members (excludes halogenated alkanes) is 5. The van der Waals surface area contributed by atoms with E-state index in [2.05, 4.69) is 23.6 Å². The molecule has 4 heteroatoms. The Morgan fingerprint density at radius 2 is 1.95 bits per heavy atom. The van der Waals surface area contributed by atoms with Crippen LogP contribution in [0.1, 0.15) is 63.9 Å². The van der Waals surface area contributed by atoms with Crippen molar-refractivity contribution in [2.75, 3.05) is 0 Å². The summed E-state index contributed by atoms with van der Waals surface area (Å²) in [6.45, 7) is 2.26. The number of hydrazine groups is 1. The quantitative estimate of drug-likeness (QED) is 0.368. The first kappa shape index (κ1) is 16.2. The van der Waals surface area contributed by atoms with Gasteiger partial charge in [0.05, 0.1) is 6.20 Å². The van der Waals surface area contributed by atoms with Gasteiger partial charge in [0.1, 0.15) is 0 Å². The molecule has 3 N–H and O–H groups in total. The van der Waals surface area contributed by atoms with E-state index < -0.39 is 0 Å². The summed E-state index contributed by atoms with van der Waals surface area (Å²) in [5, 5.41) is 4.19. The summed E-state index contributed by atoms with van der Waals surface area (Å²) in [5.74, 6) is 5.63. The Balaban J connectivity index is 2.08. The highest BCUT2D eigenvalue weighted by Gasteiger charge is 2.07.